The molecule has 2 aromatic rings. The van der Waals surface area contributed by atoms with Crippen LogP contribution in [0.3, 0.4) is 0 Å². The molecule has 2 rings (SSSR count). The van der Waals surface area contributed by atoms with Crippen LogP contribution in [0.2, 0.25) is 0 Å². The Kier molecular flexibility index (Phi) is 5.49. The van der Waals surface area contributed by atoms with Crippen molar-refractivity contribution >= 4 is 0 Å². The van der Waals surface area contributed by atoms with Crippen molar-refractivity contribution in [1.29, 1.82) is 0 Å². The zero-order valence-electron chi connectivity index (χ0n) is 15.6. The molecule has 0 fully saturated rings. The summed E-state index contributed by atoms with van der Waals surface area (Å²) in [7, 11) is 5.28. The molecule has 0 radical (unpaired) electrons. The summed E-state index contributed by atoms with van der Waals surface area (Å²) in [6.45, 7) is 9.47. The first-order valence-corrected chi connectivity index (χ1v) is 8.01. The van der Waals surface area contributed by atoms with Gasteiger partial charge in [-0.15, -0.1) is 0 Å². The van der Waals surface area contributed by atoms with E-state index in [4.69, 9.17) is 14.0 Å². The Morgan fingerprint density at radius 3 is 2.42 bits per heavy atom. The Bertz CT molecular complexity index is 676. The van der Waals surface area contributed by atoms with Crippen LogP contribution in [0, 0.1) is 5.41 Å². The summed E-state index contributed by atoms with van der Waals surface area (Å²) >= 11 is 0. The minimum atomic E-state index is 0.181. The second-order valence-corrected chi connectivity index (χ2v) is 7.04. The highest BCUT2D eigenvalue weighted by Crippen LogP contribution is 2.31. The SMILES string of the molecule is COc1ccc(-c2noc(CN(C)C(C)C(C)(C)C)n2)cc1OC. The van der Waals surface area contributed by atoms with Gasteiger partial charge in [0.1, 0.15) is 0 Å². The van der Waals surface area contributed by atoms with Gasteiger partial charge in [-0.05, 0) is 37.6 Å². The fourth-order valence-corrected chi connectivity index (χ4v) is 2.42. The van der Waals surface area contributed by atoms with Gasteiger partial charge in [-0.2, -0.15) is 4.98 Å². The number of methoxy groups -OCH3 is 2. The average molecular weight is 333 g/mol. The molecule has 1 atom stereocenters. The number of benzene rings is 1. The van der Waals surface area contributed by atoms with Crippen LogP contribution in [-0.4, -0.2) is 42.3 Å². The molecule has 132 valence electrons. The summed E-state index contributed by atoms with van der Waals surface area (Å²) in [6.07, 6.45) is 0. The van der Waals surface area contributed by atoms with E-state index in [0.29, 0.717) is 35.8 Å². The standard InChI is InChI=1S/C18H27N3O3/c1-12(18(2,3)4)21(5)11-16-19-17(20-24-16)13-8-9-14(22-6)15(10-13)23-7/h8-10,12H,11H2,1-7H3. The smallest absolute Gasteiger partial charge is 0.241 e. The summed E-state index contributed by atoms with van der Waals surface area (Å²) in [5, 5.41) is 4.08. The van der Waals surface area contributed by atoms with Crippen molar-refractivity contribution in [2.24, 2.45) is 5.41 Å². The number of hydrogen-bond acceptors (Lipinski definition) is 6. The summed E-state index contributed by atoms with van der Waals surface area (Å²) < 4.78 is 16.0. The maximum atomic E-state index is 5.41. The molecule has 0 aliphatic heterocycles. The fourth-order valence-electron chi connectivity index (χ4n) is 2.42. The molecule has 0 saturated carbocycles. The van der Waals surface area contributed by atoms with Gasteiger partial charge in [0.05, 0.1) is 20.8 Å². The van der Waals surface area contributed by atoms with Crippen molar-refractivity contribution in [2.75, 3.05) is 21.3 Å². The van der Waals surface area contributed by atoms with E-state index >= 15 is 0 Å². The molecule has 6 heteroatoms. The fraction of sp³-hybridized carbons (Fsp3) is 0.556. The number of rotatable bonds is 6. The molecule has 0 aliphatic rings. The molecule has 0 saturated heterocycles. The van der Waals surface area contributed by atoms with Crippen LogP contribution in [0.15, 0.2) is 22.7 Å². The molecule has 0 amide bonds. The molecule has 24 heavy (non-hydrogen) atoms. The van der Waals surface area contributed by atoms with Gasteiger partial charge in [0.15, 0.2) is 11.5 Å². The van der Waals surface area contributed by atoms with Gasteiger partial charge >= 0.3 is 0 Å². The zero-order chi connectivity index (χ0) is 17.9. The quantitative estimate of drug-likeness (QED) is 0.804. The predicted molar refractivity (Wildman–Crippen MR) is 93.2 cm³/mol. The van der Waals surface area contributed by atoms with Crippen molar-refractivity contribution in [3.63, 3.8) is 0 Å². The first-order chi connectivity index (χ1) is 11.3. The van der Waals surface area contributed by atoms with E-state index in [9.17, 15) is 0 Å². The van der Waals surface area contributed by atoms with Gasteiger partial charge in [-0.1, -0.05) is 25.9 Å². The van der Waals surface area contributed by atoms with Crippen LogP contribution in [0.4, 0.5) is 0 Å². The van der Waals surface area contributed by atoms with Gasteiger partial charge in [-0.3, -0.25) is 4.90 Å². The number of ether oxygens (including phenoxy) is 2. The van der Waals surface area contributed by atoms with Gasteiger partial charge in [0.2, 0.25) is 11.7 Å². The minimum absolute atomic E-state index is 0.181. The van der Waals surface area contributed by atoms with Gasteiger partial charge < -0.3 is 14.0 Å². The number of aromatic nitrogens is 2. The van der Waals surface area contributed by atoms with Crippen molar-refractivity contribution < 1.29 is 14.0 Å². The van der Waals surface area contributed by atoms with Crippen LogP contribution in [0.5, 0.6) is 11.5 Å². The largest absolute Gasteiger partial charge is 0.493 e. The monoisotopic (exact) mass is 333 g/mol. The molecular formula is C18H27N3O3. The van der Waals surface area contributed by atoms with Crippen molar-refractivity contribution in [3.05, 3.63) is 24.1 Å². The molecule has 0 bridgehead atoms. The second kappa shape index (κ2) is 7.21. The van der Waals surface area contributed by atoms with Crippen molar-refractivity contribution in [2.45, 2.75) is 40.3 Å². The van der Waals surface area contributed by atoms with E-state index in [-0.39, 0.29) is 5.41 Å². The highest BCUT2D eigenvalue weighted by atomic mass is 16.5. The summed E-state index contributed by atoms with van der Waals surface area (Å²) in [5.41, 5.74) is 1.01. The van der Waals surface area contributed by atoms with Crippen LogP contribution in [0.1, 0.15) is 33.6 Å². The van der Waals surface area contributed by atoms with E-state index in [2.05, 4.69) is 49.8 Å². The topological polar surface area (TPSA) is 60.6 Å². The summed E-state index contributed by atoms with van der Waals surface area (Å²) in [4.78, 5) is 6.71. The lowest BCUT2D eigenvalue weighted by Crippen LogP contribution is -2.38. The molecule has 1 unspecified atom stereocenters. The number of nitrogens with zero attached hydrogens (tertiary/aromatic N) is 3. The molecule has 0 spiro atoms. The Morgan fingerprint density at radius 2 is 1.83 bits per heavy atom. The third-order valence-electron chi connectivity index (χ3n) is 4.41. The minimum Gasteiger partial charge on any atom is -0.493 e. The molecule has 1 aromatic carbocycles. The lowest BCUT2D eigenvalue weighted by atomic mass is 9.87. The molecular weight excluding hydrogens is 306 g/mol. The zero-order valence-corrected chi connectivity index (χ0v) is 15.6. The van der Waals surface area contributed by atoms with E-state index in [1.165, 1.54) is 0 Å². The van der Waals surface area contributed by atoms with E-state index in [1.54, 1.807) is 14.2 Å². The van der Waals surface area contributed by atoms with Gasteiger partial charge in [0.25, 0.3) is 0 Å². The Balaban J connectivity index is 2.16. The molecule has 0 aliphatic carbocycles. The van der Waals surface area contributed by atoms with Crippen LogP contribution in [-0.2, 0) is 6.54 Å². The van der Waals surface area contributed by atoms with Crippen molar-refractivity contribution in [3.8, 4) is 22.9 Å². The summed E-state index contributed by atoms with van der Waals surface area (Å²) in [5.74, 6) is 2.45. The van der Waals surface area contributed by atoms with Crippen LogP contribution >= 0.6 is 0 Å². The highest BCUT2D eigenvalue weighted by Gasteiger charge is 2.25. The lowest BCUT2D eigenvalue weighted by molar-refractivity contribution is 0.122. The molecule has 1 aromatic heterocycles. The molecule has 1 heterocycles. The molecule has 0 N–H and O–H groups in total. The van der Waals surface area contributed by atoms with E-state index in [0.717, 1.165) is 5.56 Å². The first kappa shape index (κ1) is 18.3. The van der Waals surface area contributed by atoms with Gasteiger partial charge in [0, 0.05) is 11.6 Å². The van der Waals surface area contributed by atoms with Crippen LogP contribution < -0.4 is 9.47 Å². The van der Waals surface area contributed by atoms with E-state index < -0.39 is 0 Å². The van der Waals surface area contributed by atoms with E-state index in [1.807, 2.05) is 18.2 Å². The average Bonchev–Trinajstić information content (AvgIpc) is 3.00. The normalized spacial score (nSPS) is 13.2. The highest BCUT2D eigenvalue weighted by molar-refractivity contribution is 5.60. The Morgan fingerprint density at radius 1 is 1.17 bits per heavy atom. The maximum Gasteiger partial charge on any atom is 0.241 e. The van der Waals surface area contributed by atoms with Crippen LogP contribution in [0.25, 0.3) is 11.4 Å². The third kappa shape index (κ3) is 4.06. The second-order valence-electron chi connectivity index (χ2n) is 7.04. The summed E-state index contributed by atoms with van der Waals surface area (Å²) in [6, 6.07) is 5.94. The first-order valence-electron chi connectivity index (χ1n) is 8.01. The molecule has 6 nitrogen and oxygen atoms in total. The lowest BCUT2D eigenvalue weighted by Gasteiger charge is -2.34. The predicted octanol–water partition coefficient (Wildman–Crippen LogP) is 3.62. The maximum absolute atomic E-state index is 5.41. The Labute approximate surface area is 143 Å². The van der Waals surface area contributed by atoms with Gasteiger partial charge in [-0.25, -0.2) is 0 Å². The number of hydrogen-bond donors (Lipinski definition) is 0. The van der Waals surface area contributed by atoms with Crippen molar-refractivity contribution in [1.82, 2.24) is 15.0 Å². The Hall–Kier alpha value is -2.08. The third-order valence-corrected chi connectivity index (χ3v) is 4.41.